The summed E-state index contributed by atoms with van der Waals surface area (Å²) in [6, 6.07) is 3.39. The summed E-state index contributed by atoms with van der Waals surface area (Å²) in [5.41, 5.74) is 1.55. The van der Waals surface area contributed by atoms with Crippen LogP contribution in [-0.2, 0) is 20.1 Å². The SMILES string of the molecule is CCc1nn(C)c(COc2cc(F)cc(C(=O)O)c2)c1Br. The fraction of sp³-hybridized carbons (Fsp3) is 0.286. The first-order chi connectivity index (χ1) is 9.92. The van der Waals surface area contributed by atoms with Crippen molar-refractivity contribution < 1.29 is 19.0 Å². The van der Waals surface area contributed by atoms with Crippen molar-refractivity contribution in [2.45, 2.75) is 20.0 Å². The Balaban J connectivity index is 2.20. The number of aromatic carboxylic acids is 1. The Morgan fingerprint density at radius 1 is 1.48 bits per heavy atom. The van der Waals surface area contributed by atoms with Gasteiger partial charge in [0.05, 0.1) is 21.4 Å². The molecule has 0 aliphatic carbocycles. The number of hydrogen-bond donors (Lipinski definition) is 1. The molecular weight excluding hydrogens is 343 g/mol. The fourth-order valence-electron chi connectivity index (χ4n) is 1.90. The van der Waals surface area contributed by atoms with E-state index in [0.29, 0.717) is 0 Å². The van der Waals surface area contributed by atoms with Gasteiger partial charge in [-0.15, -0.1) is 0 Å². The normalized spacial score (nSPS) is 10.7. The number of nitrogens with zero attached hydrogens (tertiary/aromatic N) is 2. The Hall–Kier alpha value is -1.89. The topological polar surface area (TPSA) is 64.4 Å². The van der Waals surface area contributed by atoms with E-state index in [1.54, 1.807) is 11.7 Å². The highest BCUT2D eigenvalue weighted by atomic mass is 79.9. The lowest BCUT2D eigenvalue weighted by atomic mass is 10.2. The Morgan fingerprint density at radius 3 is 2.76 bits per heavy atom. The lowest BCUT2D eigenvalue weighted by Gasteiger charge is -2.08. The molecule has 0 radical (unpaired) electrons. The zero-order chi connectivity index (χ0) is 15.6. The van der Waals surface area contributed by atoms with E-state index >= 15 is 0 Å². The Morgan fingerprint density at radius 2 is 2.19 bits per heavy atom. The van der Waals surface area contributed by atoms with Gasteiger partial charge in [0.2, 0.25) is 0 Å². The first-order valence-electron chi connectivity index (χ1n) is 6.29. The van der Waals surface area contributed by atoms with Gasteiger partial charge in [0.1, 0.15) is 18.2 Å². The van der Waals surface area contributed by atoms with Crippen LogP contribution in [0.4, 0.5) is 4.39 Å². The maximum absolute atomic E-state index is 13.4. The molecule has 0 unspecified atom stereocenters. The molecule has 0 saturated heterocycles. The first kappa shape index (κ1) is 15.5. The quantitative estimate of drug-likeness (QED) is 0.893. The second-order valence-corrected chi connectivity index (χ2v) is 5.25. The maximum atomic E-state index is 13.4. The average Bonchev–Trinajstić information content (AvgIpc) is 2.70. The number of ether oxygens (including phenoxy) is 1. The molecule has 1 aromatic carbocycles. The molecule has 0 spiro atoms. The van der Waals surface area contributed by atoms with Gasteiger partial charge in [-0.1, -0.05) is 6.92 Å². The van der Waals surface area contributed by atoms with Gasteiger partial charge in [-0.05, 0) is 34.5 Å². The third-order valence-electron chi connectivity index (χ3n) is 3.00. The molecule has 0 atom stereocenters. The van der Waals surface area contributed by atoms with Crippen LogP contribution in [0, 0.1) is 5.82 Å². The Kier molecular flexibility index (Phi) is 4.62. The van der Waals surface area contributed by atoms with E-state index in [9.17, 15) is 9.18 Å². The second-order valence-electron chi connectivity index (χ2n) is 4.45. The largest absolute Gasteiger partial charge is 0.487 e. The van der Waals surface area contributed by atoms with Gasteiger partial charge in [-0.2, -0.15) is 5.10 Å². The average molecular weight is 357 g/mol. The van der Waals surface area contributed by atoms with Gasteiger partial charge in [0.25, 0.3) is 0 Å². The maximum Gasteiger partial charge on any atom is 0.335 e. The predicted molar refractivity (Wildman–Crippen MR) is 78.0 cm³/mol. The number of halogens is 2. The van der Waals surface area contributed by atoms with Gasteiger partial charge in [-0.3, -0.25) is 4.68 Å². The summed E-state index contributed by atoms with van der Waals surface area (Å²) in [5.74, 6) is -1.68. The van der Waals surface area contributed by atoms with Crippen molar-refractivity contribution in [3.63, 3.8) is 0 Å². The van der Waals surface area contributed by atoms with Crippen LogP contribution in [0.2, 0.25) is 0 Å². The highest BCUT2D eigenvalue weighted by molar-refractivity contribution is 9.10. The van der Waals surface area contributed by atoms with E-state index in [2.05, 4.69) is 21.0 Å². The van der Waals surface area contributed by atoms with Gasteiger partial charge in [0, 0.05) is 13.1 Å². The van der Waals surface area contributed by atoms with Crippen LogP contribution in [-0.4, -0.2) is 20.9 Å². The lowest BCUT2D eigenvalue weighted by Crippen LogP contribution is -2.05. The molecule has 7 heteroatoms. The van der Waals surface area contributed by atoms with Crippen molar-refractivity contribution in [3.05, 3.63) is 45.4 Å². The van der Waals surface area contributed by atoms with Crippen LogP contribution in [0.3, 0.4) is 0 Å². The van der Waals surface area contributed by atoms with E-state index in [-0.39, 0.29) is 17.9 Å². The zero-order valence-corrected chi connectivity index (χ0v) is 13.1. The predicted octanol–water partition coefficient (Wildman–Crippen LogP) is 3.16. The highest BCUT2D eigenvalue weighted by Gasteiger charge is 2.14. The molecule has 1 N–H and O–H groups in total. The van der Waals surface area contributed by atoms with Crippen molar-refractivity contribution >= 4 is 21.9 Å². The molecule has 0 fully saturated rings. The van der Waals surface area contributed by atoms with E-state index in [0.717, 1.165) is 34.4 Å². The minimum Gasteiger partial charge on any atom is -0.487 e. The molecular formula is C14H14BrFN2O3. The number of aromatic nitrogens is 2. The Labute approximate surface area is 129 Å². The standard InChI is InChI=1S/C14H14BrFN2O3/c1-3-11-13(15)12(18(2)17-11)7-21-10-5-8(14(19)20)4-9(16)6-10/h4-6H,3,7H2,1-2H3,(H,19,20). The molecule has 1 heterocycles. The number of carbonyl (C=O) groups is 1. The molecule has 5 nitrogen and oxygen atoms in total. The smallest absolute Gasteiger partial charge is 0.335 e. The van der Waals surface area contributed by atoms with E-state index in [1.165, 1.54) is 6.07 Å². The van der Waals surface area contributed by atoms with Crippen LogP contribution in [0.5, 0.6) is 5.75 Å². The minimum absolute atomic E-state index is 0.150. The molecule has 0 aliphatic heterocycles. The molecule has 0 aliphatic rings. The number of rotatable bonds is 5. The van der Waals surface area contributed by atoms with E-state index in [4.69, 9.17) is 9.84 Å². The molecule has 0 saturated carbocycles. The number of carboxylic acid groups (broad SMARTS) is 1. The summed E-state index contributed by atoms with van der Waals surface area (Å²) in [4.78, 5) is 10.9. The van der Waals surface area contributed by atoms with Crippen molar-refractivity contribution in [1.82, 2.24) is 9.78 Å². The summed E-state index contributed by atoms with van der Waals surface area (Å²) in [6.45, 7) is 2.15. The second kappa shape index (κ2) is 6.26. The van der Waals surface area contributed by atoms with Crippen LogP contribution >= 0.6 is 15.9 Å². The van der Waals surface area contributed by atoms with Crippen molar-refractivity contribution in [2.75, 3.05) is 0 Å². The van der Waals surface area contributed by atoms with Crippen LogP contribution < -0.4 is 4.74 Å². The molecule has 2 aromatic rings. The molecule has 0 amide bonds. The number of hydrogen-bond acceptors (Lipinski definition) is 3. The summed E-state index contributed by atoms with van der Waals surface area (Å²) < 4.78 is 21.4. The minimum atomic E-state index is -1.20. The molecule has 1 aromatic heterocycles. The van der Waals surface area contributed by atoms with Crippen molar-refractivity contribution in [2.24, 2.45) is 7.05 Å². The molecule has 2 rings (SSSR count). The van der Waals surface area contributed by atoms with Crippen LogP contribution in [0.1, 0.15) is 28.7 Å². The van der Waals surface area contributed by atoms with E-state index in [1.807, 2.05) is 6.92 Å². The zero-order valence-electron chi connectivity index (χ0n) is 11.6. The third kappa shape index (κ3) is 3.41. The van der Waals surface area contributed by atoms with Gasteiger partial charge < -0.3 is 9.84 Å². The summed E-state index contributed by atoms with van der Waals surface area (Å²) in [7, 11) is 1.79. The number of benzene rings is 1. The lowest BCUT2D eigenvalue weighted by molar-refractivity contribution is 0.0695. The molecule has 21 heavy (non-hydrogen) atoms. The molecule has 0 bridgehead atoms. The summed E-state index contributed by atoms with van der Waals surface area (Å²) in [6.07, 6.45) is 0.775. The Bertz CT molecular complexity index is 685. The van der Waals surface area contributed by atoms with Crippen LogP contribution in [0.15, 0.2) is 22.7 Å². The van der Waals surface area contributed by atoms with Crippen molar-refractivity contribution in [1.29, 1.82) is 0 Å². The van der Waals surface area contributed by atoms with Gasteiger partial charge >= 0.3 is 5.97 Å². The highest BCUT2D eigenvalue weighted by Crippen LogP contribution is 2.24. The third-order valence-corrected chi connectivity index (χ3v) is 3.91. The van der Waals surface area contributed by atoms with Crippen LogP contribution in [0.25, 0.3) is 0 Å². The number of aryl methyl sites for hydroxylation is 2. The van der Waals surface area contributed by atoms with Crippen molar-refractivity contribution in [3.8, 4) is 5.75 Å². The summed E-state index contributed by atoms with van der Waals surface area (Å²) >= 11 is 3.46. The van der Waals surface area contributed by atoms with Gasteiger partial charge in [0.15, 0.2) is 0 Å². The first-order valence-corrected chi connectivity index (χ1v) is 7.08. The molecule has 112 valence electrons. The monoisotopic (exact) mass is 356 g/mol. The summed E-state index contributed by atoms with van der Waals surface area (Å²) in [5, 5.41) is 13.2. The number of carboxylic acids is 1. The fourth-order valence-corrected chi connectivity index (χ4v) is 2.63. The van der Waals surface area contributed by atoms with E-state index < -0.39 is 11.8 Å². The van der Waals surface area contributed by atoms with Gasteiger partial charge in [-0.25, -0.2) is 9.18 Å².